The number of rotatable bonds is 6. The van der Waals surface area contributed by atoms with E-state index in [9.17, 15) is 4.79 Å². The smallest absolute Gasteiger partial charge is 0.321 e. The second-order valence-electron chi connectivity index (χ2n) is 6.03. The molecule has 4 N–H and O–H groups in total. The Morgan fingerprint density at radius 1 is 1.59 bits per heavy atom. The molecule has 0 radical (unpaired) electrons. The summed E-state index contributed by atoms with van der Waals surface area (Å²) in [4.78, 5) is 19.5. The summed E-state index contributed by atoms with van der Waals surface area (Å²) in [6.45, 7) is 7.95. The number of thiazole rings is 1. The number of aromatic nitrogens is 1. The van der Waals surface area contributed by atoms with Gasteiger partial charge in [0.1, 0.15) is 0 Å². The van der Waals surface area contributed by atoms with E-state index in [0.29, 0.717) is 23.6 Å². The third kappa shape index (κ3) is 5.23. The normalized spacial score (nSPS) is 22.5. The van der Waals surface area contributed by atoms with Crippen LogP contribution in [-0.4, -0.2) is 41.6 Å². The molecule has 124 valence electrons. The molecule has 1 aromatic rings. The standard InChI is InChI=1S/C15H27N5OS/c1-3-4-6-17-14(21)19-15-18-8-12(22-15)10-20-7-5-13(16)11(2)9-20/h8,11,13H,3-7,9-10,16H2,1-2H3,(H2,17,18,19,21). The van der Waals surface area contributed by atoms with E-state index in [1.54, 1.807) is 11.3 Å². The van der Waals surface area contributed by atoms with E-state index in [2.05, 4.69) is 34.4 Å². The van der Waals surface area contributed by atoms with Crippen LogP contribution in [0, 0.1) is 5.92 Å². The lowest BCUT2D eigenvalue weighted by atomic mass is 9.95. The number of nitrogens with two attached hydrogens (primary N) is 1. The Kier molecular flexibility index (Phi) is 6.60. The lowest BCUT2D eigenvalue weighted by molar-refractivity contribution is 0.159. The van der Waals surface area contributed by atoms with E-state index in [0.717, 1.165) is 38.9 Å². The van der Waals surface area contributed by atoms with Crippen LogP contribution in [0.1, 0.15) is 38.0 Å². The number of anilines is 1. The first-order chi connectivity index (χ1) is 10.6. The summed E-state index contributed by atoms with van der Waals surface area (Å²) < 4.78 is 0. The third-order valence-electron chi connectivity index (χ3n) is 4.03. The Hall–Kier alpha value is -1.18. The Morgan fingerprint density at radius 2 is 2.41 bits per heavy atom. The van der Waals surface area contributed by atoms with Crippen molar-refractivity contribution in [3.05, 3.63) is 11.1 Å². The number of hydrogen-bond acceptors (Lipinski definition) is 5. The van der Waals surface area contributed by atoms with E-state index in [1.165, 1.54) is 4.88 Å². The zero-order valence-electron chi connectivity index (χ0n) is 13.5. The zero-order valence-corrected chi connectivity index (χ0v) is 14.3. The molecule has 2 amide bonds. The van der Waals surface area contributed by atoms with Crippen molar-refractivity contribution < 1.29 is 4.79 Å². The van der Waals surface area contributed by atoms with Gasteiger partial charge in [-0.2, -0.15) is 0 Å². The molecule has 2 atom stereocenters. The molecular formula is C15H27N5OS. The average molecular weight is 325 g/mol. The summed E-state index contributed by atoms with van der Waals surface area (Å²) >= 11 is 1.54. The van der Waals surface area contributed by atoms with Gasteiger partial charge in [0, 0.05) is 43.3 Å². The number of piperidine rings is 1. The van der Waals surface area contributed by atoms with Gasteiger partial charge < -0.3 is 11.1 Å². The number of nitrogens with zero attached hydrogens (tertiary/aromatic N) is 2. The maximum absolute atomic E-state index is 11.7. The maximum atomic E-state index is 11.7. The molecule has 1 aromatic heterocycles. The molecule has 2 heterocycles. The van der Waals surface area contributed by atoms with Gasteiger partial charge in [0.15, 0.2) is 5.13 Å². The number of carbonyl (C=O) groups excluding carboxylic acids is 1. The van der Waals surface area contributed by atoms with Crippen molar-refractivity contribution in [2.24, 2.45) is 11.7 Å². The topological polar surface area (TPSA) is 83.3 Å². The lowest BCUT2D eigenvalue weighted by Crippen LogP contribution is -2.45. The predicted molar refractivity (Wildman–Crippen MR) is 91.1 cm³/mol. The lowest BCUT2D eigenvalue weighted by Gasteiger charge is -2.34. The molecule has 0 bridgehead atoms. The van der Waals surface area contributed by atoms with Crippen molar-refractivity contribution in [3.63, 3.8) is 0 Å². The Morgan fingerprint density at radius 3 is 3.14 bits per heavy atom. The van der Waals surface area contributed by atoms with Crippen LogP contribution in [-0.2, 0) is 6.54 Å². The number of amides is 2. The van der Waals surface area contributed by atoms with Gasteiger partial charge in [-0.05, 0) is 18.8 Å². The van der Waals surface area contributed by atoms with Crippen molar-refractivity contribution >= 4 is 22.5 Å². The highest BCUT2D eigenvalue weighted by molar-refractivity contribution is 7.15. The van der Waals surface area contributed by atoms with Crippen LogP contribution >= 0.6 is 11.3 Å². The quantitative estimate of drug-likeness (QED) is 0.700. The molecule has 2 unspecified atom stereocenters. The average Bonchev–Trinajstić information content (AvgIpc) is 2.90. The molecule has 22 heavy (non-hydrogen) atoms. The molecule has 1 aliphatic rings. The summed E-state index contributed by atoms with van der Waals surface area (Å²) in [5.74, 6) is 0.531. The van der Waals surface area contributed by atoms with E-state index >= 15 is 0 Å². The fourth-order valence-electron chi connectivity index (χ4n) is 2.57. The highest BCUT2D eigenvalue weighted by atomic mass is 32.1. The van der Waals surface area contributed by atoms with E-state index in [-0.39, 0.29) is 6.03 Å². The highest BCUT2D eigenvalue weighted by Gasteiger charge is 2.23. The van der Waals surface area contributed by atoms with Gasteiger partial charge in [-0.1, -0.05) is 20.3 Å². The summed E-state index contributed by atoms with van der Waals surface area (Å²) in [5, 5.41) is 6.28. The van der Waals surface area contributed by atoms with Crippen LogP contribution in [0.25, 0.3) is 0 Å². The molecule has 7 heteroatoms. The molecule has 1 saturated heterocycles. The van der Waals surface area contributed by atoms with E-state index < -0.39 is 0 Å². The van der Waals surface area contributed by atoms with Crippen LogP contribution < -0.4 is 16.4 Å². The minimum absolute atomic E-state index is 0.174. The molecule has 0 aliphatic carbocycles. The van der Waals surface area contributed by atoms with Crippen molar-refractivity contribution in [1.29, 1.82) is 0 Å². The van der Waals surface area contributed by atoms with Crippen molar-refractivity contribution in [1.82, 2.24) is 15.2 Å². The number of hydrogen-bond donors (Lipinski definition) is 3. The third-order valence-corrected chi connectivity index (χ3v) is 4.92. The molecule has 1 aliphatic heterocycles. The Balaban J connectivity index is 1.77. The number of urea groups is 1. The number of nitrogens with one attached hydrogen (secondary N) is 2. The first kappa shape index (κ1) is 17.2. The Labute approximate surface area is 136 Å². The van der Waals surface area contributed by atoms with Crippen LogP contribution in [0.15, 0.2) is 6.20 Å². The van der Waals surface area contributed by atoms with Gasteiger partial charge in [0.2, 0.25) is 0 Å². The minimum atomic E-state index is -0.174. The predicted octanol–water partition coefficient (Wildman–Crippen LogP) is 2.23. The van der Waals surface area contributed by atoms with Crippen LogP contribution in [0.3, 0.4) is 0 Å². The first-order valence-corrected chi connectivity index (χ1v) is 8.87. The zero-order chi connectivity index (χ0) is 15.9. The second kappa shape index (κ2) is 8.45. The molecule has 1 fully saturated rings. The molecule has 0 spiro atoms. The maximum Gasteiger partial charge on any atom is 0.321 e. The SMILES string of the molecule is CCCCNC(=O)Nc1ncc(CN2CCC(N)C(C)C2)s1. The molecule has 0 aromatic carbocycles. The molecular weight excluding hydrogens is 298 g/mol. The van der Waals surface area contributed by atoms with Gasteiger partial charge in [0.05, 0.1) is 0 Å². The molecule has 0 saturated carbocycles. The second-order valence-corrected chi connectivity index (χ2v) is 7.15. The van der Waals surface area contributed by atoms with Crippen LogP contribution in [0.2, 0.25) is 0 Å². The van der Waals surface area contributed by atoms with Gasteiger partial charge in [0.25, 0.3) is 0 Å². The number of carbonyl (C=O) groups is 1. The van der Waals surface area contributed by atoms with Gasteiger partial charge in [-0.3, -0.25) is 10.2 Å². The molecule has 2 rings (SSSR count). The van der Waals surface area contributed by atoms with Crippen LogP contribution in [0.4, 0.5) is 9.93 Å². The Bertz CT molecular complexity index is 478. The fourth-order valence-corrected chi connectivity index (χ4v) is 3.42. The highest BCUT2D eigenvalue weighted by Crippen LogP contribution is 2.22. The van der Waals surface area contributed by atoms with E-state index in [4.69, 9.17) is 5.73 Å². The van der Waals surface area contributed by atoms with E-state index in [1.807, 2.05) is 6.20 Å². The number of unbranched alkanes of at least 4 members (excludes halogenated alkanes) is 1. The van der Waals surface area contributed by atoms with Crippen molar-refractivity contribution in [3.8, 4) is 0 Å². The fraction of sp³-hybridized carbons (Fsp3) is 0.733. The summed E-state index contributed by atoms with van der Waals surface area (Å²) in [6.07, 6.45) is 4.96. The number of likely N-dealkylation sites (tertiary alicyclic amines) is 1. The van der Waals surface area contributed by atoms with Gasteiger partial charge in [-0.15, -0.1) is 11.3 Å². The summed E-state index contributed by atoms with van der Waals surface area (Å²) in [7, 11) is 0. The monoisotopic (exact) mass is 325 g/mol. The van der Waals surface area contributed by atoms with Crippen molar-refractivity contribution in [2.75, 3.05) is 25.0 Å². The van der Waals surface area contributed by atoms with Crippen LogP contribution in [0.5, 0.6) is 0 Å². The van der Waals surface area contributed by atoms with Crippen molar-refractivity contribution in [2.45, 2.75) is 45.7 Å². The van der Waals surface area contributed by atoms with Gasteiger partial charge in [-0.25, -0.2) is 9.78 Å². The summed E-state index contributed by atoms with van der Waals surface area (Å²) in [5.41, 5.74) is 6.05. The molecule has 6 nitrogen and oxygen atoms in total. The first-order valence-electron chi connectivity index (χ1n) is 8.06. The largest absolute Gasteiger partial charge is 0.338 e. The minimum Gasteiger partial charge on any atom is -0.338 e. The van der Waals surface area contributed by atoms with Gasteiger partial charge >= 0.3 is 6.03 Å². The summed E-state index contributed by atoms with van der Waals surface area (Å²) in [6, 6.07) is 0.147.